The second kappa shape index (κ2) is 5.69. The third-order valence-electron chi connectivity index (χ3n) is 2.24. The van der Waals surface area contributed by atoms with Crippen LogP contribution in [0.15, 0.2) is 24.4 Å². The van der Waals surface area contributed by atoms with Gasteiger partial charge in [-0.2, -0.15) is 5.10 Å². The number of nitrogen functional groups attached to an aromatic ring is 1. The van der Waals surface area contributed by atoms with Crippen LogP contribution in [0.3, 0.4) is 0 Å². The van der Waals surface area contributed by atoms with Crippen molar-refractivity contribution in [1.82, 2.24) is 9.78 Å². The van der Waals surface area contributed by atoms with Crippen molar-refractivity contribution in [3.8, 4) is 0 Å². The van der Waals surface area contributed by atoms with Gasteiger partial charge in [0.05, 0.1) is 15.7 Å². The Balaban J connectivity index is 2.11. The minimum absolute atomic E-state index is 0.00643. The molecule has 0 aliphatic carbocycles. The molecule has 0 unspecified atom stereocenters. The minimum atomic E-state index is -0.325. The number of carbonyl (C=O) groups is 1. The summed E-state index contributed by atoms with van der Waals surface area (Å²) >= 11 is 17.7. The summed E-state index contributed by atoms with van der Waals surface area (Å²) < 4.78 is 1.41. The standard InChI is InChI=1S/C11H9Cl3N4O/c12-6-3-7(13)11(8(14)4-6)16-10(19)5-18-2-1-9(15)17-18/h1-4H,5H2,(H2,15,17)(H,16,19). The van der Waals surface area contributed by atoms with Crippen molar-refractivity contribution >= 4 is 52.2 Å². The molecule has 3 N–H and O–H groups in total. The zero-order valence-electron chi connectivity index (χ0n) is 9.53. The molecular weight excluding hydrogens is 311 g/mol. The van der Waals surface area contributed by atoms with Crippen molar-refractivity contribution in [2.45, 2.75) is 6.54 Å². The summed E-state index contributed by atoms with van der Waals surface area (Å²) in [4.78, 5) is 11.8. The SMILES string of the molecule is Nc1ccn(CC(=O)Nc2c(Cl)cc(Cl)cc2Cl)n1. The lowest BCUT2D eigenvalue weighted by Crippen LogP contribution is -2.19. The van der Waals surface area contributed by atoms with E-state index in [0.717, 1.165) is 0 Å². The monoisotopic (exact) mass is 318 g/mol. The first-order valence-electron chi connectivity index (χ1n) is 5.19. The first kappa shape index (κ1) is 14.0. The normalized spacial score (nSPS) is 10.5. The molecular formula is C11H9Cl3N4O. The summed E-state index contributed by atoms with van der Waals surface area (Å²) in [7, 11) is 0. The average Bonchev–Trinajstić information content (AvgIpc) is 2.69. The largest absolute Gasteiger partial charge is 0.382 e. The number of aromatic nitrogens is 2. The Bertz CT molecular complexity index is 603. The second-order valence-corrected chi connectivity index (χ2v) is 4.98. The minimum Gasteiger partial charge on any atom is -0.382 e. The highest BCUT2D eigenvalue weighted by Gasteiger charge is 2.12. The van der Waals surface area contributed by atoms with Crippen LogP contribution < -0.4 is 11.1 Å². The van der Waals surface area contributed by atoms with Gasteiger partial charge < -0.3 is 11.1 Å². The Morgan fingerprint density at radius 3 is 2.47 bits per heavy atom. The van der Waals surface area contributed by atoms with Crippen molar-refractivity contribution < 1.29 is 4.79 Å². The molecule has 0 aliphatic heterocycles. The molecule has 5 nitrogen and oxygen atoms in total. The summed E-state index contributed by atoms with van der Waals surface area (Å²) in [6.07, 6.45) is 1.60. The van der Waals surface area contributed by atoms with Crippen LogP contribution in [0.4, 0.5) is 11.5 Å². The average molecular weight is 320 g/mol. The summed E-state index contributed by atoms with van der Waals surface area (Å²) in [5.74, 6) is 0.0181. The van der Waals surface area contributed by atoms with Gasteiger partial charge in [0.1, 0.15) is 12.4 Å². The maximum Gasteiger partial charge on any atom is 0.246 e. The smallest absolute Gasteiger partial charge is 0.246 e. The second-order valence-electron chi connectivity index (χ2n) is 3.73. The first-order valence-corrected chi connectivity index (χ1v) is 6.32. The van der Waals surface area contributed by atoms with Crippen LogP contribution in [-0.2, 0) is 11.3 Å². The van der Waals surface area contributed by atoms with Crippen molar-refractivity contribution in [2.24, 2.45) is 0 Å². The van der Waals surface area contributed by atoms with E-state index < -0.39 is 0 Å². The number of hydrogen-bond donors (Lipinski definition) is 2. The fraction of sp³-hybridized carbons (Fsp3) is 0.0909. The van der Waals surface area contributed by atoms with Gasteiger partial charge in [0.15, 0.2) is 0 Å². The van der Waals surface area contributed by atoms with Crippen LogP contribution in [0, 0.1) is 0 Å². The number of hydrogen-bond acceptors (Lipinski definition) is 3. The number of amides is 1. The van der Waals surface area contributed by atoms with Crippen molar-refractivity contribution in [3.63, 3.8) is 0 Å². The van der Waals surface area contributed by atoms with Crippen molar-refractivity contribution in [3.05, 3.63) is 39.5 Å². The molecule has 1 heterocycles. The molecule has 0 aliphatic rings. The van der Waals surface area contributed by atoms with Gasteiger partial charge in [0.25, 0.3) is 0 Å². The van der Waals surface area contributed by atoms with Gasteiger partial charge in [-0.25, -0.2) is 0 Å². The summed E-state index contributed by atoms with van der Waals surface area (Å²) in [5.41, 5.74) is 5.77. The molecule has 2 rings (SSSR count). The van der Waals surface area contributed by atoms with E-state index in [2.05, 4.69) is 10.4 Å². The van der Waals surface area contributed by atoms with E-state index in [1.54, 1.807) is 12.3 Å². The Hall–Kier alpha value is -1.43. The Labute approximate surface area is 124 Å². The lowest BCUT2D eigenvalue weighted by atomic mass is 10.3. The summed E-state index contributed by atoms with van der Waals surface area (Å²) in [6.45, 7) is 0.00643. The predicted octanol–water partition coefficient (Wildman–Crippen LogP) is 3.06. The van der Waals surface area contributed by atoms with Crippen LogP contribution in [0.25, 0.3) is 0 Å². The molecule has 1 amide bonds. The van der Waals surface area contributed by atoms with Crippen LogP contribution >= 0.6 is 34.8 Å². The number of carbonyl (C=O) groups excluding carboxylic acids is 1. The number of rotatable bonds is 3. The van der Waals surface area contributed by atoms with E-state index in [-0.39, 0.29) is 22.5 Å². The number of halogens is 3. The Kier molecular flexibility index (Phi) is 4.19. The number of benzene rings is 1. The van der Waals surface area contributed by atoms with Crippen molar-refractivity contribution in [2.75, 3.05) is 11.1 Å². The zero-order chi connectivity index (χ0) is 14.0. The fourth-order valence-electron chi connectivity index (χ4n) is 1.45. The van der Waals surface area contributed by atoms with E-state index in [1.807, 2.05) is 0 Å². The number of nitrogens with one attached hydrogen (secondary N) is 1. The third-order valence-corrected chi connectivity index (χ3v) is 3.05. The molecule has 0 bridgehead atoms. The maximum absolute atomic E-state index is 11.8. The van der Waals surface area contributed by atoms with Crippen LogP contribution in [0.2, 0.25) is 15.1 Å². The molecule has 0 spiro atoms. The molecule has 0 atom stereocenters. The molecule has 8 heteroatoms. The summed E-state index contributed by atoms with van der Waals surface area (Å²) in [5, 5.41) is 7.43. The third kappa shape index (κ3) is 3.53. The highest BCUT2D eigenvalue weighted by atomic mass is 35.5. The molecule has 0 radical (unpaired) electrons. The van der Waals surface area contributed by atoms with Crippen LogP contribution in [0.1, 0.15) is 0 Å². The van der Waals surface area contributed by atoms with E-state index in [0.29, 0.717) is 16.5 Å². The van der Waals surface area contributed by atoms with Gasteiger partial charge in [-0.1, -0.05) is 34.8 Å². The number of nitrogens with zero attached hydrogens (tertiary/aromatic N) is 2. The Morgan fingerprint density at radius 1 is 1.32 bits per heavy atom. The van der Waals surface area contributed by atoms with Gasteiger partial charge >= 0.3 is 0 Å². The van der Waals surface area contributed by atoms with Gasteiger partial charge in [0, 0.05) is 11.2 Å². The Morgan fingerprint density at radius 2 is 1.95 bits per heavy atom. The number of anilines is 2. The molecule has 2 aromatic rings. The fourth-order valence-corrected chi connectivity index (χ4v) is 2.36. The molecule has 0 saturated carbocycles. The zero-order valence-corrected chi connectivity index (χ0v) is 11.8. The molecule has 0 saturated heterocycles. The lowest BCUT2D eigenvalue weighted by molar-refractivity contribution is -0.116. The van der Waals surface area contributed by atoms with E-state index in [1.165, 1.54) is 16.8 Å². The molecule has 1 aromatic heterocycles. The van der Waals surface area contributed by atoms with E-state index >= 15 is 0 Å². The predicted molar refractivity (Wildman–Crippen MR) is 76.7 cm³/mol. The van der Waals surface area contributed by atoms with E-state index in [4.69, 9.17) is 40.5 Å². The number of nitrogens with two attached hydrogens (primary N) is 1. The van der Waals surface area contributed by atoms with Gasteiger partial charge in [-0.15, -0.1) is 0 Å². The highest BCUT2D eigenvalue weighted by molar-refractivity contribution is 6.42. The first-order chi connectivity index (χ1) is 8.95. The van der Waals surface area contributed by atoms with Crippen LogP contribution in [0.5, 0.6) is 0 Å². The van der Waals surface area contributed by atoms with Crippen LogP contribution in [-0.4, -0.2) is 15.7 Å². The van der Waals surface area contributed by atoms with Gasteiger partial charge in [0.2, 0.25) is 5.91 Å². The van der Waals surface area contributed by atoms with Crippen molar-refractivity contribution in [1.29, 1.82) is 0 Å². The van der Waals surface area contributed by atoms with Gasteiger partial charge in [-0.05, 0) is 18.2 Å². The topological polar surface area (TPSA) is 72.9 Å². The maximum atomic E-state index is 11.8. The highest BCUT2D eigenvalue weighted by Crippen LogP contribution is 2.33. The summed E-state index contributed by atoms with van der Waals surface area (Å²) in [6, 6.07) is 4.59. The molecule has 100 valence electrons. The molecule has 0 fully saturated rings. The quantitative estimate of drug-likeness (QED) is 0.913. The molecule has 1 aromatic carbocycles. The molecule has 19 heavy (non-hydrogen) atoms. The van der Waals surface area contributed by atoms with E-state index in [9.17, 15) is 4.79 Å². The van der Waals surface area contributed by atoms with Gasteiger partial charge in [-0.3, -0.25) is 9.48 Å². The lowest BCUT2D eigenvalue weighted by Gasteiger charge is -2.09.